The Morgan fingerprint density at radius 1 is 0.920 bits per heavy atom. The van der Waals surface area contributed by atoms with Gasteiger partial charge in [-0.2, -0.15) is 0 Å². The molecular weight excluding hydrogens is 324 g/mol. The molecule has 1 fully saturated rings. The van der Waals surface area contributed by atoms with E-state index in [4.69, 9.17) is 9.47 Å². The number of ether oxygens (including phenoxy) is 2. The number of rotatable bonds is 4. The van der Waals surface area contributed by atoms with E-state index < -0.39 is 18.5 Å². The molecule has 6 heteroatoms. The topological polar surface area (TPSA) is 99.4 Å². The Bertz CT molecular complexity index is 720. The van der Waals surface area contributed by atoms with Crippen molar-refractivity contribution in [2.24, 2.45) is 0 Å². The number of phenols is 2. The van der Waals surface area contributed by atoms with Crippen LogP contribution >= 0.6 is 0 Å². The second kappa shape index (κ2) is 7.57. The lowest BCUT2D eigenvalue weighted by Gasteiger charge is -2.31. The maximum absolute atomic E-state index is 9.85. The summed E-state index contributed by atoms with van der Waals surface area (Å²) in [6.07, 6.45) is 1.49. The lowest BCUT2D eigenvalue weighted by atomic mass is 10.1. The third kappa shape index (κ3) is 4.73. The van der Waals surface area contributed by atoms with Crippen molar-refractivity contribution < 1.29 is 29.9 Å². The van der Waals surface area contributed by atoms with E-state index in [1.807, 2.05) is 18.2 Å². The van der Waals surface area contributed by atoms with Crippen LogP contribution in [0.1, 0.15) is 17.5 Å². The minimum absolute atomic E-state index is 0.000411. The minimum Gasteiger partial charge on any atom is -0.508 e. The molecule has 0 amide bonds. The molecule has 3 rings (SSSR count). The van der Waals surface area contributed by atoms with Gasteiger partial charge in [0.1, 0.15) is 23.4 Å². The monoisotopic (exact) mass is 344 g/mol. The van der Waals surface area contributed by atoms with Crippen LogP contribution in [0.15, 0.2) is 42.5 Å². The van der Waals surface area contributed by atoms with Crippen molar-refractivity contribution in [3.05, 3.63) is 53.6 Å². The lowest BCUT2D eigenvalue weighted by molar-refractivity contribution is -0.198. The SMILES string of the molecule is Oc1cc(O)cc(/C=C/c2ccc(O[C@@H]3OC[C@@H](O)CC3O)cc2)c1. The standard InChI is InChI=1S/C19H20O6/c20-14-7-13(8-15(21)9-14)2-1-12-3-5-17(6-4-12)25-19-18(23)10-16(22)11-24-19/h1-9,16,18-23H,10-11H2/b2-1+/t16-,18?,19-/m0/s1. The van der Waals surface area contributed by atoms with E-state index in [1.165, 1.54) is 6.07 Å². The highest BCUT2D eigenvalue weighted by Crippen LogP contribution is 2.23. The summed E-state index contributed by atoms with van der Waals surface area (Å²) in [5.41, 5.74) is 1.57. The third-order valence-corrected chi connectivity index (χ3v) is 3.81. The molecule has 0 saturated carbocycles. The van der Waals surface area contributed by atoms with Crippen LogP contribution in [0.5, 0.6) is 17.2 Å². The molecule has 3 atom stereocenters. The van der Waals surface area contributed by atoms with Crippen LogP contribution in [0, 0.1) is 0 Å². The van der Waals surface area contributed by atoms with Gasteiger partial charge in [0.05, 0.1) is 12.7 Å². The predicted octanol–water partition coefficient (Wildman–Crippen LogP) is 2.12. The van der Waals surface area contributed by atoms with Crippen LogP contribution < -0.4 is 4.74 Å². The van der Waals surface area contributed by atoms with E-state index in [-0.39, 0.29) is 24.5 Å². The van der Waals surface area contributed by atoms with E-state index in [0.717, 1.165) is 5.56 Å². The van der Waals surface area contributed by atoms with Crippen molar-refractivity contribution in [2.75, 3.05) is 6.61 Å². The van der Waals surface area contributed by atoms with Crippen molar-refractivity contribution in [3.63, 3.8) is 0 Å². The van der Waals surface area contributed by atoms with E-state index in [0.29, 0.717) is 11.3 Å². The largest absolute Gasteiger partial charge is 0.508 e. The van der Waals surface area contributed by atoms with E-state index in [2.05, 4.69) is 0 Å². The van der Waals surface area contributed by atoms with Crippen LogP contribution in [0.4, 0.5) is 0 Å². The summed E-state index contributed by atoms with van der Waals surface area (Å²) in [6.45, 7) is 0.138. The quantitative estimate of drug-likeness (QED) is 0.634. The van der Waals surface area contributed by atoms with Crippen LogP contribution in [0.2, 0.25) is 0 Å². The second-order valence-electron chi connectivity index (χ2n) is 5.96. The van der Waals surface area contributed by atoms with Crippen molar-refractivity contribution in [2.45, 2.75) is 24.9 Å². The molecule has 2 aromatic rings. The Labute approximate surface area is 145 Å². The molecule has 0 spiro atoms. The second-order valence-corrected chi connectivity index (χ2v) is 5.96. The molecule has 1 saturated heterocycles. The average Bonchev–Trinajstić information content (AvgIpc) is 2.56. The van der Waals surface area contributed by atoms with Crippen molar-refractivity contribution in [1.82, 2.24) is 0 Å². The fourth-order valence-electron chi connectivity index (χ4n) is 2.59. The first kappa shape index (κ1) is 17.3. The summed E-state index contributed by atoms with van der Waals surface area (Å²) in [5.74, 6) is 0.548. The fourth-order valence-corrected chi connectivity index (χ4v) is 2.59. The summed E-state index contributed by atoms with van der Waals surface area (Å²) >= 11 is 0. The first-order valence-corrected chi connectivity index (χ1v) is 7.95. The maximum Gasteiger partial charge on any atom is 0.226 e. The molecule has 1 aliphatic heterocycles. The van der Waals surface area contributed by atoms with Crippen LogP contribution in [-0.4, -0.2) is 45.5 Å². The summed E-state index contributed by atoms with van der Waals surface area (Å²) in [4.78, 5) is 0. The fraction of sp³-hybridized carbons (Fsp3) is 0.263. The van der Waals surface area contributed by atoms with Gasteiger partial charge in [-0.1, -0.05) is 24.3 Å². The highest BCUT2D eigenvalue weighted by atomic mass is 16.7. The molecule has 0 aliphatic carbocycles. The molecule has 25 heavy (non-hydrogen) atoms. The minimum atomic E-state index is -0.873. The lowest BCUT2D eigenvalue weighted by Crippen LogP contribution is -2.44. The number of phenolic OH excluding ortho intramolecular Hbond substituents is 2. The van der Waals surface area contributed by atoms with Crippen LogP contribution in [-0.2, 0) is 4.74 Å². The summed E-state index contributed by atoms with van der Waals surface area (Å²) in [6, 6.07) is 11.5. The smallest absolute Gasteiger partial charge is 0.226 e. The van der Waals surface area contributed by atoms with Crippen molar-refractivity contribution >= 4 is 12.2 Å². The van der Waals surface area contributed by atoms with Gasteiger partial charge in [0.15, 0.2) is 0 Å². The third-order valence-electron chi connectivity index (χ3n) is 3.81. The number of aromatic hydroxyl groups is 2. The highest BCUT2D eigenvalue weighted by molar-refractivity contribution is 5.71. The molecule has 0 bridgehead atoms. The number of hydrogen-bond donors (Lipinski definition) is 4. The Balaban J connectivity index is 1.63. The van der Waals surface area contributed by atoms with Crippen molar-refractivity contribution in [3.8, 4) is 17.2 Å². The van der Waals surface area contributed by atoms with Gasteiger partial charge in [-0.3, -0.25) is 0 Å². The Hall–Kier alpha value is -2.54. The number of aliphatic hydroxyl groups excluding tert-OH is 2. The Morgan fingerprint density at radius 3 is 2.20 bits per heavy atom. The van der Waals surface area contributed by atoms with Gasteiger partial charge < -0.3 is 29.9 Å². The first-order chi connectivity index (χ1) is 12.0. The molecule has 1 heterocycles. The molecule has 1 unspecified atom stereocenters. The molecule has 1 aliphatic rings. The number of benzene rings is 2. The van der Waals surface area contributed by atoms with E-state index in [9.17, 15) is 20.4 Å². The van der Waals surface area contributed by atoms with Gasteiger partial charge >= 0.3 is 0 Å². The molecule has 0 radical (unpaired) electrons. The highest BCUT2D eigenvalue weighted by Gasteiger charge is 2.30. The predicted molar refractivity (Wildman–Crippen MR) is 92.1 cm³/mol. The summed E-state index contributed by atoms with van der Waals surface area (Å²) in [7, 11) is 0. The van der Waals surface area contributed by atoms with Crippen LogP contribution in [0.25, 0.3) is 12.2 Å². The molecule has 6 nitrogen and oxygen atoms in total. The maximum atomic E-state index is 9.85. The molecule has 132 valence electrons. The Morgan fingerprint density at radius 2 is 1.56 bits per heavy atom. The van der Waals surface area contributed by atoms with Gasteiger partial charge in [-0.05, 0) is 35.4 Å². The van der Waals surface area contributed by atoms with Gasteiger partial charge in [0, 0.05) is 12.5 Å². The summed E-state index contributed by atoms with van der Waals surface area (Å²) in [5, 5.41) is 38.2. The molecule has 4 N–H and O–H groups in total. The average molecular weight is 344 g/mol. The zero-order valence-electron chi connectivity index (χ0n) is 13.4. The summed E-state index contributed by atoms with van der Waals surface area (Å²) < 4.78 is 10.9. The van der Waals surface area contributed by atoms with E-state index >= 15 is 0 Å². The van der Waals surface area contributed by atoms with Gasteiger partial charge in [0.2, 0.25) is 6.29 Å². The normalized spacial score (nSPS) is 23.7. The van der Waals surface area contributed by atoms with Crippen LogP contribution in [0.3, 0.4) is 0 Å². The Kier molecular flexibility index (Phi) is 5.23. The molecule has 2 aromatic carbocycles. The first-order valence-electron chi connectivity index (χ1n) is 7.95. The number of hydrogen-bond acceptors (Lipinski definition) is 6. The van der Waals surface area contributed by atoms with E-state index in [1.54, 1.807) is 30.3 Å². The molecular formula is C19H20O6. The van der Waals surface area contributed by atoms with Gasteiger partial charge in [-0.15, -0.1) is 0 Å². The van der Waals surface area contributed by atoms with Gasteiger partial charge in [0.25, 0.3) is 0 Å². The zero-order chi connectivity index (χ0) is 17.8. The zero-order valence-corrected chi connectivity index (χ0v) is 13.4. The number of aliphatic hydroxyl groups is 2. The van der Waals surface area contributed by atoms with Crippen molar-refractivity contribution in [1.29, 1.82) is 0 Å². The van der Waals surface area contributed by atoms with Gasteiger partial charge in [-0.25, -0.2) is 0 Å². The molecule has 0 aromatic heterocycles.